The fourth-order valence-electron chi connectivity index (χ4n) is 1.89. The molecule has 0 fully saturated rings. The zero-order valence-electron chi connectivity index (χ0n) is 8.69. The van der Waals surface area contributed by atoms with Crippen LogP contribution in [0.25, 0.3) is 10.8 Å². The molecular weight excluding hydrogens is 184 g/mol. The molecule has 1 unspecified atom stereocenters. The van der Waals surface area contributed by atoms with E-state index in [1.54, 1.807) is 0 Å². The molecule has 77 valence electrons. The largest absolute Gasteiger partial charge is 0.388 e. The van der Waals surface area contributed by atoms with Crippen molar-refractivity contribution in [1.29, 1.82) is 0 Å². The van der Waals surface area contributed by atoms with Crippen LogP contribution in [0.4, 0.5) is 0 Å². The Morgan fingerprint density at radius 2 is 1.80 bits per heavy atom. The van der Waals surface area contributed by atoms with Crippen molar-refractivity contribution in [2.75, 3.05) is 0 Å². The van der Waals surface area contributed by atoms with Crippen LogP contribution in [0.1, 0.15) is 24.5 Å². The van der Waals surface area contributed by atoms with Crippen LogP contribution in [0.5, 0.6) is 0 Å². The average molecular weight is 199 g/mol. The summed E-state index contributed by atoms with van der Waals surface area (Å²) in [5, 5.41) is 12.3. The molecule has 1 radical (unpaired) electrons. The molecular formula is C14H15O. The molecule has 0 spiro atoms. The van der Waals surface area contributed by atoms with Gasteiger partial charge in [0.25, 0.3) is 0 Å². The van der Waals surface area contributed by atoms with Gasteiger partial charge >= 0.3 is 0 Å². The molecule has 0 aliphatic heterocycles. The molecule has 0 bridgehead atoms. The van der Waals surface area contributed by atoms with Crippen molar-refractivity contribution in [3.05, 3.63) is 55.0 Å². The van der Waals surface area contributed by atoms with E-state index in [1.807, 2.05) is 24.3 Å². The van der Waals surface area contributed by atoms with Crippen LogP contribution in [-0.4, -0.2) is 5.11 Å². The first-order valence-corrected chi connectivity index (χ1v) is 5.28. The minimum atomic E-state index is -0.395. The highest BCUT2D eigenvalue weighted by Crippen LogP contribution is 2.26. The van der Waals surface area contributed by atoms with E-state index < -0.39 is 6.10 Å². The van der Waals surface area contributed by atoms with E-state index >= 15 is 0 Å². The lowest BCUT2D eigenvalue weighted by atomic mass is 9.98. The number of fused-ring (bicyclic) bond motifs is 1. The van der Waals surface area contributed by atoms with Crippen LogP contribution in [0.2, 0.25) is 0 Å². The predicted molar refractivity (Wildman–Crippen MR) is 63.5 cm³/mol. The molecule has 0 saturated carbocycles. The van der Waals surface area contributed by atoms with Crippen molar-refractivity contribution in [2.45, 2.75) is 18.9 Å². The fourth-order valence-corrected chi connectivity index (χ4v) is 1.89. The number of rotatable bonds is 3. The summed E-state index contributed by atoms with van der Waals surface area (Å²) >= 11 is 0. The van der Waals surface area contributed by atoms with Gasteiger partial charge < -0.3 is 5.11 Å². The van der Waals surface area contributed by atoms with Crippen LogP contribution < -0.4 is 0 Å². The molecule has 15 heavy (non-hydrogen) atoms. The van der Waals surface area contributed by atoms with Crippen molar-refractivity contribution in [2.24, 2.45) is 0 Å². The molecule has 1 N–H and O–H groups in total. The average Bonchev–Trinajstić information content (AvgIpc) is 2.28. The molecule has 0 aliphatic rings. The van der Waals surface area contributed by atoms with E-state index in [0.717, 1.165) is 17.4 Å². The highest BCUT2D eigenvalue weighted by atomic mass is 16.3. The number of hydrogen-bond donors (Lipinski definition) is 1. The zero-order valence-corrected chi connectivity index (χ0v) is 8.69. The van der Waals surface area contributed by atoms with Gasteiger partial charge in [-0.05, 0) is 22.8 Å². The van der Waals surface area contributed by atoms with Crippen molar-refractivity contribution < 1.29 is 5.11 Å². The lowest BCUT2D eigenvalue weighted by Crippen LogP contribution is -1.97. The van der Waals surface area contributed by atoms with E-state index in [2.05, 4.69) is 25.1 Å². The maximum Gasteiger partial charge on any atom is 0.0796 e. The first kappa shape index (κ1) is 10.2. The van der Waals surface area contributed by atoms with E-state index in [1.165, 1.54) is 5.39 Å². The van der Waals surface area contributed by atoms with Crippen molar-refractivity contribution >= 4 is 10.8 Å². The van der Waals surface area contributed by atoms with Gasteiger partial charge in [0.15, 0.2) is 0 Å². The van der Waals surface area contributed by atoms with Gasteiger partial charge in [0.1, 0.15) is 0 Å². The van der Waals surface area contributed by atoms with Crippen molar-refractivity contribution in [3.8, 4) is 0 Å². The first-order valence-electron chi connectivity index (χ1n) is 5.28. The van der Waals surface area contributed by atoms with E-state index in [0.29, 0.717) is 6.42 Å². The Bertz CT molecular complexity index is 443. The van der Waals surface area contributed by atoms with Crippen molar-refractivity contribution in [1.82, 2.24) is 0 Å². The minimum absolute atomic E-state index is 0.395. The summed E-state index contributed by atoms with van der Waals surface area (Å²) < 4.78 is 0. The number of aliphatic hydroxyl groups is 1. The molecule has 1 atom stereocenters. The summed E-state index contributed by atoms with van der Waals surface area (Å²) in [5.41, 5.74) is 1.01. The Morgan fingerprint density at radius 1 is 1.07 bits per heavy atom. The normalized spacial score (nSPS) is 12.9. The SMILES string of the molecule is [CH2]CCC(O)c1cccc2ccccc12. The Labute approximate surface area is 90.4 Å². The molecule has 1 heteroatoms. The highest BCUT2D eigenvalue weighted by Gasteiger charge is 2.09. The van der Waals surface area contributed by atoms with E-state index in [4.69, 9.17) is 0 Å². The molecule has 0 amide bonds. The zero-order chi connectivity index (χ0) is 10.7. The predicted octanol–water partition coefficient (Wildman–Crippen LogP) is 3.49. The number of hydrogen-bond acceptors (Lipinski definition) is 1. The summed E-state index contributed by atoms with van der Waals surface area (Å²) in [5.74, 6) is 0. The Kier molecular flexibility index (Phi) is 3.02. The monoisotopic (exact) mass is 199 g/mol. The summed E-state index contributed by atoms with van der Waals surface area (Å²) in [6.07, 6.45) is 1.08. The molecule has 1 nitrogen and oxygen atoms in total. The Morgan fingerprint density at radius 3 is 2.60 bits per heavy atom. The molecule has 2 rings (SSSR count). The van der Waals surface area contributed by atoms with Crippen LogP contribution in [0.15, 0.2) is 42.5 Å². The second-order valence-electron chi connectivity index (χ2n) is 3.73. The third-order valence-corrected chi connectivity index (χ3v) is 2.66. The smallest absolute Gasteiger partial charge is 0.0796 e. The van der Waals surface area contributed by atoms with Gasteiger partial charge in [-0.15, -0.1) is 0 Å². The molecule has 2 aromatic rings. The van der Waals surface area contributed by atoms with Gasteiger partial charge in [0.05, 0.1) is 6.10 Å². The topological polar surface area (TPSA) is 20.2 Å². The highest BCUT2D eigenvalue weighted by molar-refractivity contribution is 5.85. The Hall–Kier alpha value is -1.34. The fraction of sp³-hybridized carbons (Fsp3) is 0.214. The van der Waals surface area contributed by atoms with Gasteiger partial charge in [-0.3, -0.25) is 0 Å². The summed E-state index contributed by atoms with van der Waals surface area (Å²) in [7, 11) is 0. The molecule has 0 saturated heterocycles. The summed E-state index contributed by atoms with van der Waals surface area (Å²) in [6.45, 7) is 3.77. The van der Waals surface area contributed by atoms with Gasteiger partial charge in [-0.1, -0.05) is 55.8 Å². The second-order valence-corrected chi connectivity index (χ2v) is 3.73. The van der Waals surface area contributed by atoms with Gasteiger partial charge in [0, 0.05) is 0 Å². The van der Waals surface area contributed by atoms with Gasteiger partial charge in [0.2, 0.25) is 0 Å². The van der Waals surface area contributed by atoms with Crippen LogP contribution >= 0.6 is 0 Å². The number of benzene rings is 2. The van der Waals surface area contributed by atoms with Crippen LogP contribution in [-0.2, 0) is 0 Å². The molecule has 2 aromatic carbocycles. The van der Waals surface area contributed by atoms with Gasteiger partial charge in [-0.2, -0.15) is 0 Å². The molecule has 0 aliphatic carbocycles. The lowest BCUT2D eigenvalue weighted by Gasteiger charge is -2.12. The first-order chi connectivity index (χ1) is 7.33. The third kappa shape index (κ3) is 2.02. The Balaban J connectivity index is 2.50. The summed E-state index contributed by atoms with van der Waals surface area (Å²) in [6, 6.07) is 14.2. The summed E-state index contributed by atoms with van der Waals surface area (Å²) in [4.78, 5) is 0. The van der Waals surface area contributed by atoms with Gasteiger partial charge in [-0.25, -0.2) is 0 Å². The third-order valence-electron chi connectivity index (χ3n) is 2.66. The minimum Gasteiger partial charge on any atom is -0.388 e. The quantitative estimate of drug-likeness (QED) is 0.802. The molecule has 0 heterocycles. The van der Waals surface area contributed by atoms with Crippen molar-refractivity contribution in [3.63, 3.8) is 0 Å². The maximum absolute atomic E-state index is 9.98. The standard InChI is InChI=1S/C14H15O/c1-2-6-14(15)13-10-5-8-11-7-3-4-9-12(11)13/h3-5,7-10,14-15H,1-2,6H2. The number of aliphatic hydroxyl groups excluding tert-OH is 1. The van der Waals surface area contributed by atoms with Crippen LogP contribution in [0.3, 0.4) is 0 Å². The van der Waals surface area contributed by atoms with E-state index in [-0.39, 0.29) is 0 Å². The maximum atomic E-state index is 9.98. The molecule has 0 aromatic heterocycles. The van der Waals surface area contributed by atoms with E-state index in [9.17, 15) is 5.11 Å². The van der Waals surface area contributed by atoms with Crippen LogP contribution in [0, 0.1) is 6.92 Å². The lowest BCUT2D eigenvalue weighted by molar-refractivity contribution is 0.170. The second kappa shape index (κ2) is 4.45.